The third-order valence-electron chi connectivity index (χ3n) is 2.59. The van der Waals surface area contributed by atoms with E-state index in [2.05, 4.69) is 0 Å². The van der Waals surface area contributed by atoms with Gasteiger partial charge in [0.1, 0.15) is 23.0 Å². The van der Waals surface area contributed by atoms with E-state index < -0.39 is 46.4 Å². The molecule has 0 atom stereocenters. The van der Waals surface area contributed by atoms with Crippen LogP contribution in [0.3, 0.4) is 0 Å². The second-order valence-corrected chi connectivity index (χ2v) is 4.30. The standard InChI is InChI=1S/2C7H6O5.Cu/c2*8-4-1-3(7(11)12)2-5(9)6(4)10;/h2*1-2,8-10H,(H,11,12);/q;;+2/p-2. The molecule has 1 radical (unpaired) electrons. The average Bonchev–Trinajstić information content (AvgIpc) is 2.49. The Morgan fingerprint density at radius 3 is 1.00 bits per heavy atom. The maximum absolute atomic E-state index is 10.7. The summed E-state index contributed by atoms with van der Waals surface area (Å²) >= 11 is 0. The number of aromatic carboxylic acids is 2. The van der Waals surface area contributed by atoms with Crippen molar-refractivity contribution < 1.29 is 67.5 Å². The molecule has 0 bridgehead atoms. The van der Waals surface area contributed by atoms with E-state index in [9.17, 15) is 19.8 Å². The van der Waals surface area contributed by atoms with Crippen LogP contribution >= 0.6 is 0 Å². The van der Waals surface area contributed by atoms with Crippen LogP contribution < -0.4 is 10.2 Å². The maximum Gasteiger partial charge on any atom is 2.00 e. The van der Waals surface area contributed by atoms with Crippen LogP contribution in [0, 0.1) is 0 Å². The molecule has 0 aliphatic heterocycles. The van der Waals surface area contributed by atoms with Crippen molar-refractivity contribution in [1.82, 2.24) is 0 Å². The summed E-state index contributed by atoms with van der Waals surface area (Å²) < 4.78 is 0. The normalized spacial score (nSPS) is 9.28. The number of benzene rings is 2. The minimum absolute atomic E-state index is 0. The van der Waals surface area contributed by atoms with Crippen LogP contribution in [0.15, 0.2) is 24.3 Å². The molecule has 6 N–H and O–H groups in total. The van der Waals surface area contributed by atoms with Crippen molar-refractivity contribution in [2.75, 3.05) is 0 Å². The van der Waals surface area contributed by atoms with Crippen LogP contribution in [0.25, 0.3) is 0 Å². The summed E-state index contributed by atoms with van der Waals surface area (Å²) in [6.45, 7) is 0. The first-order valence-corrected chi connectivity index (χ1v) is 5.97. The van der Waals surface area contributed by atoms with Gasteiger partial charge in [-0.15, -0.1) is 0 Å². The predicted octanol–water partition coefficient (Wildman–Crippen LogP) is -0.263. The van der Waals surface area contributed by atoms with Crippen molar-refractivity contribution in [2.24, 2.45) is 0 Å². The van der Waals surface area contributed by atoms with Gasteiger partial charge in [-0.05, 0) is 35.8 Å². The Balaban J connectivity index is 0.000000443. The Morgan fingerprint density at radius 1 is 0.640 bits per heavy atom. The fraction of sp³-hybridized carbons (Fsp3) is 0. The number of hydrogen-bond donors (Lipinski definition) is 6. The SMILES string of the molecule is O=C(O)c1cc(O)c([O-])c(O)c1.O=C(O)c1cc(O)c([O-])c(O)c1.[Cu+2]. The molecule has 0 amide bonds. The van der Waals surface area contributed by atoms with Crippen LogP contribution in [0.5, 0.6) is 34.5 Å². The number of rotatable bonds is 2. The van der Waals surface area contributed by atoms with Crippen molar-refractivity contribution >= 4 is 11.9 Å². The molecule has 0 spiro atoms. The number of phenolic OH excluding ortho intramolecular Hbond substituents is 4. The van der Waals surface area contributed by atoms with Crippen LogP contribution in [0.1, 0.15) is 20.7 Å². The first kappa shape index (κ1) is 21.7. The van der Waals surface area contributed by atoms with Gasteiger partial charge in [-0.3, -0.25) is 0 Å². The van der Waals surface area contributed by atoms with Gasteiger partial charge < -0.3 is 40.9 Å². The van der Waals surface area contributed by atoms with Gasteiger partial charge in [-0.2, -0.15) is 0 Å². The van der Waals surface area contributed by atoms with Gasteiger partial charge in [0.05, 0.1) is 11.1 Å². The molecule has 0 fully saturated rings. The molecular weight excluding hydrogens is 392 g/mol. The molecule has 0 aliphatic carbocycles. The van der Waals surface area contributed by atoms with Gasteiger partial charge in [0.2, 0.25) is 0 Å². The smallest absolute Gasteiger partial charge is 0.867 e. The molecule has 11 heteroatoms. The Morgan fingerprint density at radius 2 is 0.840 bits per heavy atom. The number of hydrogen-bond acceptors (Lipinski definition) is 8. The van der Waals surface area contributed by atoms with Gasteiger partial charge in [-0.25, -0.2) is 9.59 Å². The molecule has 0 saturated heterocycles. The monoisotopic (exact) mass is 401 g/mol. The van der Waals surface area contributed by atoms with E-state index in [0.717, 1.165) is 24.3 Å². The third-order valence-corrected chi connectivity index (χ3v) is 2.59. The van der Waals surface area contributed by atoms with E-state index in [4.69, 9.17) is 30.6 Å². The number of carbonyl (C=O) groups is 2. The van der Waals surface area contributed by atoms with Crippen LogP contribution in [-0.4, -0.2) is 42.6 Å². The van der Waals surface area contributed by atoms with Gasteiger partial charge in [0.25, 0.3) is 0 Å². The zero-order chi connectivity index (χ0) is 18.6. The van der Waals surface area contributed by atoms with E-state index in [1.165, 1.54) is 0 Å². The number of carboxylic acid groups (broad SMARTS) is 2. The quantitative estimate of drug-likeness (QED) is 0.364. The predicted molar refractivity (Wildman–Crippen MR) is 72.4 cm³/mol. The summed E-state index contributed by atoms with van der Waals surface area (Å²) in [4.78, 5) is 20.6. The summed E-state index contributed by atoms with van der Waals surface area (Å²) in [5.41, 5.74) is -0.658. The van der Waals surface area contributed by atoms with Crippen LogP contribution in [-0.2, 0) is 17.1 Å². The van der Waals surface area contributed by atoms with E-state index >= 15 is 0 Å². The Labute approximate surface area is 149 Å². The molecule has 2 aromatic carbocycles. The fourth-order valence-electron chi connectivity index (χ4n) is 1.44. The Hall–Kier alpha value is -3.30. The molecule has 2 aromatic rings. The first-order valence-electron chi connectivity index (χ1n) is 5.97. The molecule has 0 saturated carbocycles. The van der Waals surface area contributed by atoms with E-state index in [0.29, 0.717) is 0 Å². The molecule has 0 unspecified atom stereocenters. The number of carboxylic acids is 2. The fourth-order valence-corrected chi connectivity index (χ4v) is 1.44. The minimum Gasteiger partial charge on any atom is -0.867 e. The number of aromatic hydroxyl groups is 4. The third kappa shape index (κ3) is 5.37. The minimum atomic E-state index is -1.32. The zero-order valence-corrected chi connectivity index (χ0v) is 12.9. The topological polar surface area (TPSA) is 202 Å². The maximum atomic E-state index is 10.7. The summed E-state index contributed by atoms with van der Waals surface area (Å²) in [6.07, 6.45) is 0. The van der Waals surface area contributed by atoms with Crippen molar-refractivity contribution in [3.05, 3.63) is 35.4 Å². The Kier molecular flexibility index (Phi) is 7.40. The first-order chi connectivity index (χ1) is 11.0. The average molecular weight is 402 g/mol. The molecule has 10 nitrogen and oxygen atoms in total. The van der Waals surface area contributed by atoms with E-state index in [1.807, 2.05) is 0 Å². The molecular formula is C14H10CuO10. The molecule has 0 aliphatic rings. The van der Waals surface area contributed by atoms with Crippen molar-refractivity contribution in [1.29, 1.82) is 0 Å². The van der Waals surface area contributed by atoms with Crippen molar-refractivity contribution in [2.45, 2.75) is 0 Å². The second-order valence-electron chi connectivity index (χ2n) is 4.30. The molecule has 25 heavy (non-hydrogen) atoms. The van der Waals surface area contributed by atoms with Gasteiger partial charge in [0, 0.05) is 0 Å². The van der Waals surface area contributed by atoms with Crippen molar-refractivity contribution in [3.63, 3.8) is 0 Å². The summed E-state index contributed by atoms with van der Waals surface area (Å²) in [7, 11) is 0. The molecule has 0 aromatic heterocycles. The molecule has 2 rings (SSSR count). The number of phenols is 4. The molecule has 0 heterocycles. The zero-order valence-electron chi connectivity index (χ0n) is 11.9. The second kappa shape index (κ2) is 8.52. The van der Waals surface area contributed by atoms with Gasteiger partial charge in [-0.1, -0.05) is 0 Å². The summed E-state index contributed by atoms with van der Waals surface area (Å²) in [6, 6.07) is 3.13. The van der Waals surface area contributed by atoms with Crippen LogP contribution in [0.4, 0.5) is 0 Å². The van der Waals surface area contributed by atoms with Gasteiger partial charge in [0.15, 0.2) is 0 Å². The van der Waals surface area contributed by atoms with E-state index in [1.54, 1.807) is 0 Å². The largest absolute Gasteiger partial charge is 2.00 e. The molecule has 137 valence electrons. The summed E-state index contributed by atoms with van der Waals surface area (Å²) in [5.74, 6) is -7.67. The van der Waals surface area contributed by atoms with E-state index in [-0.39, 0.29) is 28.2 Å². The van der Waals surface area contributed by atoms with Gasteiger partial charge >= 0.3 is 29.0 Å². The van der Waals surface area contributed by atoms with Crippen LogP contribution in [0.2, 0.25) is 0 Å². The summed E-state index contributed by atoms with van der Waals surface area (Å²) in [5, 5.41) is 73.3. The Bertz CT molecular complexity index is 689. The van der Waals surface area contributed by atoms with Crippen molar-refractivity contribution in [3.8, 4) is 34.5 Å².